The SMILES string of the molecule is CCn1cc(-c2cc(CN3CCN(C)C3=N)cc(C(=O)N[C@H](c3ccc(F)c(F)c3)C3CC3)c2)c(C(F)(F)F)n1. The van der Waals surface area contributed by atoms with E-state index in [1.54, 1.807) is 35.9 Å². The minimum absolute atomic E-state index is 0.0386. The monoisotopic (exact) mass is 560 g/mol. The van der Waals surface area contributed by atoms with Gasteiger partial charge in [0.15, 0.2) is 23.3 Å². The Morgan fingerprint density at radius 3 is 2.48 bits per heavy atom. The van der Waals surface area contributed by atoms with E-state index in [0.717, 1.165) is 25.0 Å². The Balaban J connectivity index is 1.53. The van der Waals surface area contributed by atoms with Gasteiger partial charge >= 0.3 is 6.18 Å². The lowest BCUT2D eigenvalue weighted by atomic mass is 9.97. The van der Waals surface area contributed by atoms with Crippen LogP contribution in [0.2, 0.25) is 0 Å². The lowest BCUT2D eigenvalue weighted by Crippen LogP contribution is -2.31. The fourth-order valence-corrected chi connectivity index (χ4v) is 5.01. The van der Waals surface area contributed by atoms with Crippen molar-refractivity contribution in [2.24, 2.45) is 5.92 Å². The molecular formula is C28H29F5N6O. The highest BCUT2D eigenvalue weighted by molar-refractivity contribution is 5.96. The number of aryl methyl sites for hydroxylation is 1. The topological polar surface area (TPSA) is 77.2 Å². The lowest BCUT2D eigenvalue weighted by molar-refractivity contribution is -0.141. The average Bonchev–Trinajstić information content (AvgIpc) is 3.57. The summed E-state index contributed by atoms with van der Waals surface area (Å²) in [5.41, 5.74) is 0.0586. The highest BCUT2D eigenvalue weighted by Gasteiger charge is 2.38. The highest BCUT2D eigenvalue weighted by Crippen LogP contribution is 2.42. The van der Waals surface area contributed by atoms with Crippen molar-refractivity contribution < 1.29 is 26.7 Å². The third-order valence-corrected chi connectivity index (χ3v) is 7.34. The first-order valence-electron chi connectivity index (χ1n) is 13.0. The summed E-state index contributed by atoms with van der Waals surface area (Å²) < 4.78 is 70.5. The van der Waals surface area contributed by atoms with Crippen molar-refractivity contribution in [2.45, 2.75) is 45.1 Å². The molecule has 2 heterocycles. The van der Waals surface area contributed by atoms with E-state index in [0.29, 0.717) is 24.2 Å². The first-order valence-corrected chi connectivity index (χ1v) is 13.0. The summed E-state index contributed by atoms with van der Waals surface area (Å²) in [6.07, 6.45) is -1.81. The standard InChI is InChI=1S/C28H29F5N6O/c1-3-39-15-21(25(36-39)28(31,32)33)19-10-16(14-38-9-8-37(2)27(38)34)11-20(12-19)26(40)35-24(17-4-5-17)18-6-7-22(29)23(30)13-18/h6-7,10-13,15,17,24,34H,3-5,8-9,14H2,1-2H3,(H,35,40)/t24-/m0/s1. The number of aromatic nitrogens is 2. The summed E-state index contributed by atoms with van der Waals surface area (Å²) in [5, 5.41) is 14.9. The Hall–Kier alpha value is -3.96. The summed E-state index contributed by atoms with van der Waals surface area (Å²) in [6.45, 7) is 3.31. The van der Waals surface area contributed by atoms with Gasteiger partial charge in [0.2, 0.25) is 0 Å². The summed E-state index contributed by atoms with van der Waals surface area (Å²) in [6, 6.07) is 7.49. The fraction of sp³-hybridized carbons (Fsp3) is 0.393. The molecule has 0 radical (unpaired) electrons. The van der Waals surface area contributed by atoms with Crippen LogP contribution in [0, 0.1) is 23.0 Å². The molecule has 1 aromatic heterocycles. The lowest BCUT2D eigenvalue weighted by Gasteiger charge is -2.21. The number of likely N-dealkylation sites (N-methyl/N-ethyl adjacent to an activating group) is 1. The van der Waals surface area contributed by atoms with Gasteiger partial charge in [-0.15, -0.1) is 0 Å². The van der Waals surface area contributed by atoms with Gasteiger partial charge in [-0.05, 0) is 72.7 Å². The molecule has 3 aromatic rings. The summed E-state index contributed by atoms with van der Waals surface area (Å²) in [7, 11) is 1.78. The quantitative estimate of drug-likeness (QED) is 0.361. The number of carbonyl (C=O) groups is 1. The van der Waals surface area contributed by atoms with E-state index >= 15 is 0 Å². The number of halogens is 5. The molecule has 2 fully saturated rings. The van der Waals surface area contributed by atoms with Crippen LogP contribution in [0.25, 0.3) is 11.1 Å². The first kappa shape index (κ1) is 27.6. The predicted molar refractivity (Wildman–Crippen MR) is 138 cm³/mol. The molecule has 0 spiro atoms. The molecule has 1 atom stereocenters. The molecule has 1 aliphatic carbocycles. The van der Waals surface area contributed by atoms with Crippen LogP contribution in [0.15, 0.2) is 42.6 Å². The minimum Gasteiger partial charge on any atom is -0.345 e. The van der Waals surface area contributed by atoms with Crippen LogP contribution in [0.1, 0.15) is 53.0 Å². The Labute approximate surface area is 228 Å². The van der Waals surface area contributed by atoms with Crippen LogP contribution in [0.4, 0.5) is 22.0 Å². The number of benzene rings is 2. The molecule has 0 bridgehead atoms. The second-order valence-corrected chi connectivity index (χ2v) is 10.3. The maximum atomic E-state index is 14.0. The molecule has 1 saturated carbocycles. The van der Waals surface area contributed by atoms with Gasteiger partial charge in [0.25, 0.3) is 5.91 Å². The number of hydrogen-bond donors (Lipinski definition) is 2. The van der Waals surface area contributed by atoms with Crippen LogP contribution in [-0.2, 0) is 19.3 Å². The van der Waals surface area contributed by atoms with Gasteiger partial charge in [-0.2, -0.15) is 18.3 Å². The first-order chi connectivity index (χ1) is 18.9. The zero-order chi connectivity index (χ0) is 28.8. The van der Waals surface area contributed by atoms with Gasteiger partial charge in [-0.25, -0.2) is 8.78 Å². The van der Waals surface area contributed by atoms with Crippen molar-refractivity contribution in [1.29, 1.82) is 5.41 Å². The molecule has 0 unspecified atom stereocenters. The predicted octanol–water partition coefficient (Wildman–Crippen LogP) is 5.43. The van der Waals surface area contributed by atoms with E-state index in [2.05, 4.69) is 10.4 Å². The van der Waals surface area contributed by atoms with Crippen molar-refractivity contribution in [3.63, 3.8) is 0 Å². The number of alkyl halides is 3. The minimum atomic E-state index is -4.71. The van der Waals surface area contributed by atoms with Gasteiger partial charge in [0, 0.05) is 50.6 Å². The van der Waals surface area contributed by atoms with Crippen LogP contribution < -0.4 is 5.32 Å². The molecule has 212 valence electrons. The number of carbonyl (C=O) groups excluding carboxylic acids is 1. The Bertz CT molecular complexity index is 1450. The molecule has 12 heteroatoms. The van der Waals surface area contributed by atoms with Gasteiger partial charge in [0.05, 0.1) is 6.04 Å². The molecule has 2 N–H and O–H groups in total. The van der Waals surface area contributed by atoms with E-state index in [1.807, 2.05) is 0 Å². The van der Waals surface area contributed by atoms with Gasteiger partial charge in [0.1, 0.15) is 0 Å². The van der Waals surface area contributed by atoms with E-state index < -0.39 is 35.5 Å². The molecule has 5 rings (SSSR count). The van der Waals surface area contributed by atoms with Gasteiger partial charge < -0.3 is 15.1 Å². The molecule has 1 saturated heterocycles. The summed E-state index contributed by atoms with van der Waals surface area (Å²) >= 11 is 0. The Morgan fingerprint density at radius 2 is 1.88 bits per heavy atom. The van der Waals surface area contributed by atoms with Crippen molar-refractivity contribution in [3.8, 4) is 11.1 Å². The van der Waals surface area contributed by atoms with E-state index in [9.17, 15) is 26.7 Å². The zero-order valence-corrected chi connectivity index (χ0v) is 22.0. The number of nitrogens with one attached hydrogen (secondary N) is 2. The van der Waals surface area contributed by atoms with E-state index in [1.165, 1.54) is 23.0 Å². The molecule has 40 heavy (non-hydrogen) atoms. The number of guanidine groups is 1. The second kappa shape index (κ2) is 10.5. The summed E-state index contributed by atoms with van der Waals surface area (Å²) in [5.74, 6) is -2.25. The number of nitrogens with zero attached hydrogens (tertiary/aromatic N) is 4. The molecule has 7 nitrogen and oxygen atoms in total. The van der Waals surface area contributed by atoms with E-state index in [-0.39, 0.29) is 41.7 Å². The zero-order valence-electron chi connectivity index (χ0n) is 22.0. The van der Waals surface area contributed by atoms with Gasteiger partial charge in [-0.1, -0.05) is 6.07 Å². The Morgan fingerprint density at radius 1 is 1.12 bits per heavy atom. The molecular weight excluding hydrogens is 531 g/mol. The number of rotatable bonds is 8. The van der Waals surface area contributed by atoms with Gasteiger partial charge in [-0.3, -0.25) is 14.9 Å². The van der Waals surface area contributed by atoms with Crippen molar-refractivity contribution in [1.82, 2.24) is 24.9 Å². The van der Waals surface area contributed by atoms with Crippen molar-refractivity contribution >= 4 is 11.9 Å². The average molecular weight is 561 g/mol. The molecule has 2 aromatic carbocycles. The second-order valence-electron chi connectivity index (χ2n) is 10.3. The van der Waals surface area contributed by atoms with Crippen molar-refractivity contribution in [3.05, 3.63) is 76.6 Å². The van der Waals surface area contributed by atoms with E-state index in [4.69, 9.17) is 5.41 Å². The largest absolute Gasteiger partial charge is 0.435 e. The van der Waals surface area contributed by atoms with Crippen LogP contribution >= 0.6 is 0 Å². The summed E-state index contributed by atoms with van der Waals surface area (Å²) in [4.78, 5) is 17.1. The fourth-order valence-electron chi connectivity index (χ4n) is 5.01. The van der Waals surface area contributed by atoms with Crippen LogP contribution in [0.5, 0.6) is 0 Å². The molecule has 2 aliphatic rings. The third kappa shape index (κ3) is 5.66. The van der Waals surface area contributed by atoms with Crippen LogP contribution in [0.3, 0.4) is 0 Å². The maximum Gasteiger partial charge on any atom is 0.435 e. The number of amides is 1. The highest BCUT2D eigenvalue weighted by atomic mass is 19.4. The van der Waals surface area contributed by atoms with Crippen molar-refractivity contribution in [2.75, 3.05) is 20.1 Å². The Kier molecular flexibility index (Phi) is 7.28. The third-order valence-electron chi connectivity index (χ3n) is 7.34. The number of hydrogen-bond acceptors (Lipinski definition) is 3. The molecule has 1 aliphatic heterocycles. The van der Waals surface area contributed by atoms with Crippen LogP contribution in [-0.4, -0.2) is 51.6 Å². The normalized spacial score (nSPS) is 16.5. The smallest absolute Gasteiger partial charge is 0.345 e. The maximum absolute atomic E-state index is 14.0. The molecule has 1 amide bonds.